The molecule has 0 bridgehead atoms. The molecule has 5 rings (SSSR count). The number of aliphatic imine (C=N–C) groups is 1. The van der Waals surface area contributed by atoms with E-state index in [0.717, 1.165) is 15.7 Å². The third-order valence-corrected chi connectivity index (χ3v) is 6.91. The Morgan fingerprint density at radius 2 is 1.52 bits per heavy atom. The van der Waals surface area contributed by atoms with E-state index < -0.39 is 23.0 Å². The van der Waals surface area contributed by atoms with Crippen LogP contribution in [0.3, 0.4) is 0 Å². The van der Waals surface area contributed by atoms with Crippen LogP contribution in [0.5, 0.6) is 0 Å². The predicted molar refractivity (Wildman–Crippen MR) is 159 cm³/mol. The molecule has 0 aliphatic heterocycles. The fourth-order valence-corrected chi connectivity index (χ4v) is 4.66. The third-order valence-electron chi connectivity index (χ3n) is 6.24. The van der Waals surface area contributed by atoms with Gasteiger partial charge in [-0.1, -0.05) is 60.7 Å². The number of aryl methyl sites for hydroxylation is 1. The van der Waals surface area contributed by atoms with E-state index in [9.17, 15) is 9.18 Å². The first-order chi connectivity index (χ1) is 19.3. The van der Waals surface area contributed by atoms with Gasteiger partial charge in [-0.25, -0.2) is 18.8 Å². The largest absolute Gasteiger partial charge is 0.351 e. The summed E-state index contributed by atoms with van der Waals surface area (Å²) < 4.78 is 46.9. The van der Waals surface area contributed by atoms with Crippen LogP contribution in [-0.2, 0) is 6.54 Å². The number of nitrogens with zero attached hydrogens (tertiary/aromatic N) is 3. The van der Waals surface area contributed by atoms with E-state index in [4.69, 9.17) is 0 Å². The molecule has 9 heteroatoms. The molecule has 0 spiro atoms. The molecule has 3 aromatic carbocycles. The van der Waals surface area contributed by atoms with Crippen molar-refractivity contribution in [2.24, 2.45) is 4.99 Å². The zero-order valence-electron chi connectivity index (χ0n) is 21.2. The number of hydrogen-bond donors (Lipinski definition) is 1. The topological polar surface area (TPSA) is 59.3 Å². The molecular weight excluding hydrogens is 628 g/mol. The second kappa shape index (κ2) is 11.9. The van der Waals surface area contributed by atoms with Crippen LogP contribution in [0.1, 0.15) is 22.4 Å². The van der Waals surface area contributed by atoms with E-state index in [1.54, 1.807) is 13.0 Å². The molecule has 5 aromatic rings. The molecule has 0 fully saturated rings. The number of halogens is 4. The maximum Gasteiger partial charge on any atom is 0.289 e. The Morgan fingerprint density at radius 3 is 2.15 bits per heavy atom. The Labute approximate surface area is 242 Å². The number of pyridine rings is 2. The lowest BCUT2D eigenvalue weighted by Gasteiger charge is -2.15. The lowest BCUT2D eigenvalue weighted by atomic mass is 10.0. The Balaban J connectivity index is 1.50. The Kier molecular flexibility index (Phi) is 8.11. The van der Waals surface area contributed by atoms with Gasteiger partial charge in [0.15, 0.2) is 11.6 Å². The Hall–Kier alpha value is -4.25. The van der Waals surface area contributed by atoms with Crippen LogP contribution in [0, 0.1) is 27.9 Å². The SMILES string of the molecule is Cc1cc(Nc2ccc(I)cc2F)c(F)c(=O)n1Cc1ccnc(N=C(c2ccccc2)c2ccccc2)c1F. The molecule has 0 unspecified atom stereocenters. The summed E-state index contributed by atoms with van der Waals surface area (Å²) in [6, 6.07) is 25.9. The number of hydrogen-bond acceptors (Lipinski definition) is 4. The molecule has 40 heavy (non-hydrogen) atoms. The predicted octanol–water partition coefficient (Wildman–Crippen LogP) is 7.53. The van der Waals surface area contributed by atoms with E-state index in [0.29, 0.717) is 15.0 Å². The molecule has 200 valence electrons. The second-order valence-corrected chi connectivity index (χ2v) is 10.2. The van der Waals surface area contributed by atoms with Crippen molar-refractivity contribution in [1.82, 2.24) is 9.55 Å². The van der Waals surface area contributed by atoms with Gasteiger partial charge in [0.25, 0.3) is 5.56 Å². The Bertz CT molecular complexity index is 1730. The van der Waals surface area contributed by atoms with Gasteiger partial charge in [0, 0.05) is 32.2 Å². The summed E-state index contributed by atoms with van der Waals surface area (Å²) in [6.07, 6.45) is 1.40. The molecular formula is C31H22F3IN4O. The molecule has 1 N–H and O–H groups in total. The normalized spacial score (nSPS) is 10.8. The highest BCUT2D eigenvalue weighted by Crippen LogP contribution is 2.25. The Morgan fingerprint density at radius 1 is 0.875 bits per heavy atom. The quantitative estimate of drug-likeness (QED) is 0.146. The van der Waals surface area contributed by atoms with Crippen molar-refractivity contribution in [2.75, 3.05) is 5.32 Å². The average molecular weight is 650 g/mol. The zero-order chi connectivity index (χ0) is 28.2. The van der Waals surface area contributed by atoms with Gasteiger partial charge in [-0.15, -0.1) is 0 Å². The molecule has 0 saturated carbocycles. The van der Waals surface area contributed by atoms with Crippen molar-refractivity contribution in [1.29, 1.82) is 0 Å². The summed E-state index contributed by atoms with van der Waals surface area (Å²) in [5, 5.41) is 2.65. The van der Waals surface area contributed by atoms with Crippen molar-refractivity contribution in [3.63, 3.8) is 0 Å². The third kappa shape index (κ3) is 5.84. The average Bonchev–Trinajstić information content (AvgIpc) is 2.96. The highest BCUT2D eigenvalue weighted by Gasteiger charge is 2.18. The van der Waals surface area contributed by atoms with Gasteiger partial charge in [0.1, 0.15) is 5.82 Å². The second-order valence-electron chi connectivity index (χ2n) is 8.95. The van der Waals surface area contributed by atoms with Crippen molar-refractivity contribution in [3.8, 4) is 0 Å². The van der Waals surface area contributed by atoms with Gasteiger partial charge in [-0.05, 0) is 59.8 Å². The number of anilines is 2. The van der Waals surface area contributed by atoms with Gasteiger partial charge >= 0.3 is 0 Å². The van der Waals surface area contributed by atoms with Gasteiger partial charge < -0.3 is 9.88 Å². The van der Waals surface area contributed by atoms with E-state index in [2.05, 4.69) is 15.3 Å². The van der Waals surface area contributed by atoms with Gasteiger partial charge in [0.2, 0.25) is 5.82 Å². The molecule has 0 radical (unpaired) electrons. The van der Waals surface area contributed by atoms with E-state index in [1.165, 1.54) is 30.5 Å². The zero-order valence-corrected chi connectivity index (χ0v) is 23.4. The molecule has 5 nitrogen and oxygen atoms in total. The molecule has 0 aliphatic rings. The lowest BCUT2D eigenvalue weighted by Crippen LogP contribution is -2.27. The maximum absolute atomic E-state index is 15.7. The van der Waals surface area contributed by atoms with Gasteiger partial charge in [0.05, 0.1) is 23.6 Å². The minimum Gasteiger partial charge on any atom is -0.351 e. The summed E-state index contributed by atoms with van der Waals surface area (Å²) in [7, 11) is 0. The summed E-state index contributed by atoms with van der Waals surface area (Å²) in [5.41, 5.74) is 1.45. The number of aromatic nitrogens is 2. The van der Waals surface area contributed by atoms with Crippen LogP contribution in [0.25, 0.3) is 0 Å². The molecule has 0 saturated heterocycles. The fourth-order valence-electron chi connectivity index (χ4n) is 4.20. The van der Waals surface area contributed by atoms with Crippen LogP contribution in [0.2, 0.25) is 0 Å². The first-order valence-corrected chi connectivity index (χ1v) is 13.3. The van der Waals surface area contributed by atoms with Gasteiger partial charge in [-0.3, -0.25) is 4.79 Å². The van der Waals surface area contributed by atoms with Crippen molar-refractivity contribution in [3.05, 3.63) is 151 Å². The summed E-state index contributed by atoms with van der Waals surface area (Å²) in [4.78, 5) is 21.7. The van der Waals surface area contributed by atoms with E-state index in [1.807, 2.05) is 83.3 Å². The smallest absolute Gasteiger partial charge is 0.289 e. The van der Waals surface area contributed by atoms with Crippen LogP contribution in [0.15, 0.2) is 107 Å². The summed E-state index contributed by atoms with van der Waals surface area (Å²) >= 11 is 1.96. The first kappa shape index (κ1) is 27.3. The minimum absolute atomic E-state index is 0.0335. The summed E-state index contributed by atoms with van der Waals surface area (Å²) in [5.74, 6) is -2.56. The number of benzene rings is 3. The first-order valence-electron chi connectivity index (χ1n) is 12.3. The minimum atomic E-state index is -1.10. The standard InChI is InChI=1S/C31H22F3IN4O/c1-19-16-26(37-25-13-12-23(35)17-24(25)32)28(34)31(40)39(19)18-22-14-15-36-30(27(22)33)38-29(20-8-4-2-5-9-20)21-10-6-3-7-11-21/h2-17,37H,18H2,1H3. The highest BCUT2D eigenvalue weighted by atomic mass is 127. The van der Waals surface area contributed by atoms with Crippen molar-refractivity contribution in [2.45, 2.75) is 13.5 Å². The summed E-state index contributed by atoms with van der Waals surface area (Å²) in [6.45, 7) is 1.35. The molecule has 0 atom stereocenters. The van der Waals surface area contributed by atoms with Crippen LogP contribution < -0.4 is 10.9 Å². The van der Waals surface area contributed by atoms with Crippen LogP contribution in [0.4, 0.5) is 30.4 Å². The monoisotopic (exact) mass is 650 g/mol. The van der Waals surface area contributed by atoms with Crippen molar-refractivity contribution >= 4 is 45.5 Å². The lowest BCUT2D eigenvalue weighted by molar-refractivity contribution is 0.560. The number of nitrogens with one attached hydrogen (secondary N) is 1. The van der Waals surface area contributed by atoms with Gasteiger partial charge in [-0.2, -0.15) is 4.39 Å². The van der Waals surface area contributed by atoms with Crippen LogP contribution >= 0.6 is 22.6 Å². The molecule has 0 amide bonds. The molecule has 2 heterocycles. The highest BCUT2D eigenvalue weighted by molar-refractivity contribution is 14.1. The fraction of sp³-hybridized carbons (Fsp3) is 0.0645. The van der Waals surface area contributed by atoms with Crippen LogP contribution in [-0.4, -0.2) is 15.3 Å². The number of rotatable bonds is 7. The molecule has 0 aliphatic carbocycles. The maximum atomic E-state index is 15.7. The van der Waals surface area contributed by atoms with Crippen molar-refractivity contribution < 1.29 is 13.2 Å². The molecule has 2 aromatic heterocycles. The van der Waals surface area contributed by atoms with E-state index in [-0.39, 0.29) is 29.3 Å². The van der Waals surface area contributed by atoms with E-state index >= 15 is 8.78 Å².